The molecule has 3 rings (SSSR count). The van der Waals surface area contributed by atoms with E-state index >= 15 is 0 Å². The molecule has 7 heteroatoms. The number of hydrogen-bond donors (Lipinski definition) is 2. The molecule has 6 nitrogen and oxygen atoms in total. The number of aromatic nitrogens is 3. The van der Waals surface area contributed by atoms with Gasteiger partial charge in [-0.2, -0.15) is 0 Å². The standard InChI is InChI=1S/C16H22N3O3P/c1-15(2,20)13-11-19(18-17-13)14-16(3,21)9-10-23(14,22)12-7-5-4-6-8-12/h4-8,11,14,20-21H,9-10H2,1-3H3/t14-,16-,23?/m1/s1. The van der Waals surface area contributed by atoms with E-state index in [4.69, 9.17) is 0 Å². The molecule has 1 fully saturated rings. The second-order valence-corrected chi connectivity index (χ2v) is 10.0. The van der Waals surface area contributed by atoms with Crippen LogP contribution in [0.5, 0.6) is 0 Å². The van der Waals surface area contributed by atoms with E-state index in [1.165, 1.54) is 4.68 Å². The van der Waals surface area contributed by atoms with E-state index in [-0.39, 0.29) is 0 Å². The van der Waals surface area contributed by atoms with Crippen molar-refractivity contribution in [2.24, 2.45) is 0 Å². The summed E-state index contributed by atoms with van der Waals surface area (Å²) in [7, 11) is -2.89. The molecule has 1 aromatic carbocycles. The summed E-state index contributed by atoms with van der Waals surface area (Å²) in [6, 6.07) is 9.25. The molecule has 2 aromatic rings. The maximum atomic E-state index is 13.7. The highest BCUT2D eigenvalue weighted by atomic mass is 31.2. The van der Waals surface area contributed by atoms with E-state index in [1.807, 2.05) is 30.3 Å². The number of benzene rings is 1. The van der Waals surface area contributed by atoms with Crippen LogP contribution in [0.2, 0.25) is 0 Å². The van der Waals surface area contributed by atoms with E-state index in [0.717, 1.165) is 5.30 Å². The maximum Gasteiger partial charge on any atom is 0.142 e. The van der Waals surface area contributed by atoms with Gasteiger partial charge in [0, 0.05) is 11.5 Å². The van der Waals surface area contributed by atoms with Crippen LogP contribution in [0.4, 0.5) is 0 Å². The van der Waals surface area contributed by atoms with Crippen LogP contribution in [0, 0.1) is 0 Å². The summed E-state index contributed by atoms with van der Waals surface area (Å²) in [4.78, 5) is 0. The second-order valence-electron chi connectivity index (χ2n) is 6.98. The van der Waals surface area contributed by atoms with Crippen molar-refractivity contribution in [3.8, 4) is 0 Å². The smallest absolute Gasteiger partial charge is 0.142 e. The van der Waals surface area contributed by atoms with Gasteiger partial charge in [0.15, 0.2) is 0 Å². The van der Waals surface area contributed by atoms with Gasteiger partial charge in [0.05, 0.1) is 11.8 Å². The predicted molar refractivity (Wildman–Crippen MR) is 88.1 cm³/mol. The molecule has 124 valence electrons. The van der Waals surface area contributed by atoms with Gasteiger partial charge < -0.3 is 14.8 Å². The average Bonchev–Trinajstić information content (AvgIpc) is 3.03. The molecule has 0 amide bonds. The Bertz CT molecular complexity index is 749. The highest BCUT2D eigenvalue weighted by Crippen LogP contribution is 2.66. The monoisotopic (exact) mass is 335 g/mol. The molecule has 23 heavy (non-hydrogen) atoms. The fourth-order valence-electron chi connectivity index (χ4n) is 3.20. The third-order valence-corrected chi connectivity index (χ3v) is 8.13. The van der Waals surface area contributed by atoms with Crippen LogP contribution in [0.25, 0.3) is 0 Å². The zero-order valence-corrected chi connectivity index (χ0v) is 14.4. The quantitative estimate of drug-likeness (QED) is 0.836. The van der Waals surface area contributed by atoms with Gasteiger partial charge in [-0.25, -0.2) is 4.68 Å². The van der Waals surface area contributed by atoms with E-state index in [1.54, 1.807) is 27.0 Å². The Morgan fingerprint density at radius 2 is 2.00 bits per heavy atom. The number of rotatable bonds is 3. The number of nitrogens with zero attached hydrogens (tertiary/aromatic N) is 3. The summed E-state index contributed by atoms with van der Waals surface area (Å²) in [6.45, 7) is 4.92. The summed E-state index contributed by atoms with van der Waals surface area (Å²) in [5, 5.41) is 29.7. The lowest BCUT2D eigenvalue weighted by molar-refractivity contribution is 0.0369. The van der Waals surface area contributed by atoms with Gasteiger partial charge in [-0.15, -0.1) is 5.10 Å². The molecule has 1 unspecified atom stereocenters. The minimum Gasteiger partial charge on any atom is -0.387 e. The summed E-state index contributed by atoms with van der Waals surface area (Å²) >= 11 is 0. The largest absolute Gasteiger partial charge is 0.387 e. The van der Waals surface area contributed by atoms with E-state index in [9.17, 15) is 14.8 Å². The third kappa shape index (κ3) is 2.75. The molecular weight excluding hydrogens is 313 g/mol. The zero-order chi connectivity index (χ0) is 16.9. The second kappa shape index (κ2) is 5.26. The summed E-state index contributed by atoms with van der Waals surface area (Å²) < 4.78 is 15.2. The van der Waals surface area contributed by atoms with Crippen molar-refractivity contribution >= 4 is 12.4 Å². The minimum atomic E-state index is -2.89. The Hall–Kier alpha value is -1.49. The molecule has 0 spiro atoms. The molecule has 0 radical (unpaired) electrons. The van der Waals surface area contributed by atoms with Crippen LogP contribution in [0.15, 0.2) is 36.5 Å². The number of aliphatic hydroxyl groups is 2. The molecular formula is C16H22N3O3P. The lowest BCUT2D eigenvalue weighted by Crippen LogP contribution is -2.33. The highest BCUT2D eigenvalue weighted by molar-refractivity contribution is 7.72. The minimum absolute atomic E-state index is 0.389. The molecule has 1 saturated heterocycles. The van der Waals surface area contributed by atoms with Gasteiger partial charge in [0.25, 0.3) is 0 Å². The molecule has 1 aliphatic heterocycles. The van der Waals surface area contributed by atoms with Gasteiger partial charge in [-0.1, -0.05) is 35.5 Å². The van der Waals surface area contributed by atoms with Crippen molar-refractivity contribution in [1.29, 1.82) is 0 Å². The predicted octanol–water partition coefficient (Wildman–Crippen LogP) is 1.85. The Morgan fingerprint density at radius 1 is 1.35 bits per heavy atom. The Morgan fingerprint density at radius 3 is 2.57 bits per heavy atom. The van der Waals surface area contributed by atoms with Crippen LogP contribution in [0.3, 0.4) is 0 Å². The highest BCUT2D eigenvalue weighted by Gasteiger charge is 2.54. The first-order valence-electron chi connectivity index (χ1n) is 7.66. The molecule has 3 atom stereocenters. The van der Waals surface area contributed by atoms with Crippen molar-refractivity contribution in [2.75, 3.05) is 6.16 Å². The maximum absolute atomic E-state index is 13.7. The van der Waals surface area contributed by atoms with Gasteiger partial charge in [-0.05, 0) is 27.2 Å². The fourth-order valence-corrected chi connectivity index (χ4v) is 6.97. The van der Waals surface area contributed by atoms with Crippen molar-refractivity contribution in [3.05, 3.63) is 42.2 Å². The third-order valence-electron chi connectivity index (χ3n) is 4.48. The molecule has 0 aliphatic carbocycles. The zero-order valence-electron chi connectivity index (χ0n) is 13.5. The van der Waals surface area contributed by atoms with E-state index < -0.39 is 24.1 Å². The average molecular weight is 335 g/mol. The first-order chi connectivity index (χ1) is 10.6. The van der Waals surface area contributed by atoms with Crippen molar-refractivity contribution in [3.63, 3.8) is 0 Å². The van der Waals surface area contributed by atoms with Crippen LogP contribution in [-0.2, 0) is 10.2 Å². The van der Waals surface area contributed by atoms with Gasteiger partial charge >= 0.3 is 0 Å². The molecule has 0 saturated carbocycles. The molecule has 2 heterocycles. The SMILES string of the molecule is CC(C)(O)c1cn([C@H]2[C@](C)(O)CCP2(=O)c2ccccc2)nn1. The number of hydrogen-bond acceptors (Lipinski definition) is 5. The first kappa shape index (κ1) is 16.4. The summed E-state index contributed by atoms with van der Waals surface area (Å²) in [6.07, 6.45) is 2.44. The van der Waals surface area contributed by atoms with Crippen molar-refractivity contribution in [2.45, 2.75) is 44.2 Å². The van der Waals surface area contributed by atoms with E-state index in [2.05, 4.69) is 10.3 Å². The summed E-state index contributed by atoms with van der Waals surface area (Å²) in [5.74, 6) is -0.680. The Kier molecular flexibility index (Phi) is 3.75. The van der Waals surface area contributed by atoms with Crippen LogP contribution in [0.1, 0.15) is 38.7 Å². The van der Waals surface area contributed by atoms with Gasteiger partial charge in [-0.3, -0.25) is 0 Å². The van der Waals surface area contributed by atoms with Crippen LogP contribution < -0.4 is 5.30 Å². The topological polar surface area (TPSA) is 88.2 Å². The van der Waals surface area contributed by atoms with E-state index in [0.29, 0.717) is 18.3 Å². The Labute approximate surface area is 135 Å². The van der Waals surface area contributed by atoms with Crippen LogP contribution >= 0.6 is 7.14 Å². The van der Waals surface area contributed by atoms with Crippen molar-refractivity contribution < 1.29 is 14.8 Å². The lowest BCUT2D eigenvalue weighted by Gasteiger charge is -2.29. The lowest BCUT2D eigenvalue weighted by atomic mass is 10.0. The normalized spacial score (nSPS) is 31.4. The Balaban J connectivity index is 2.10. The molecule has 1 aliphatic rings. The molecule has 2 N–H and O–H groups in total. The molecule has 0 bridgehead atoms. The van der Waals surface area contributed by atoms with Gasteiger partial charge in [0.1, 0.15) is 24.2 Å². The van der Waals surface area contributed by atoms with Gasteiger partial charge in [0.2, 0.25) is 0 Å². The fraction of sp³-hybridized carbons (Fsp3) is 0.500. The van der Waals surface area contributed by atoms with Crippen molar-refractivity contribution in [1.82, 2.24) is 15.0 Å². The molecule has 1 aromatic heterocycles. The first-order valence-corrected chi connectivity index (χ1v) is 9.62. The summed E-state index contributed by atoms with van der Waals surface area (Å²) in [5.41, 5.74) is -1.89. The van der Waals surface area contributed by atoms with Crippen LogP contribution in [-0.4, -0.2) is 37.0 Å².